The van der Waals surface area contributed by atoms with Gasteiger partial charge in [0.2, 0.25) is 5.91 Å². The highest BCUT2D eigenvalue weighted by molar-refractivity contribution is 5.77. The van der Waals surface area contributed by atoms with Crippen LogP contribution in [-0.4, -0.2) is 25.4 Å². The molecule has 0 bridgehead atoms. The van der Waals surface area contributed by atoms with Crippen molar-refractivity contribution >= 4 is 23.1 Å². The van der Waals surface area contributed by atoms with E-state index in [0.717, 1.165) is 0 Å². The Balaban J connectivity index is 2.51. The highest BCUT2D eigenvalue weighted by Gasteiger charge is 2.08. The van der Waals surface area contributed by atoms with E-state index in [1.54, 1.807) is 0 Å². The molecule has 0 saturated carbocycles. The van der Waals surface area contributed by atoms with Gasteiger partial charge in [-0.3, -0.25) is 19.1 Å². The number of primary amides is 1. The van der Waals surface area contributed by atoms with Crippen molar-refractivity contribution in [3.05, 3.63) is 32.7 Å². The Morgan fingerprint density at radius 1 is 1.44 bits per heavy atom. The number of hydrogen-bond acceptors (Lipinski definition) is 4. The quantitative estimate of drug-likeness (QED) is 0.633. The van der Waals surface area contributed by atoms with E-state index in [2.05, 4.69) is 15.0 Å². The number of carbonyl (C=O) groups is 1. The summed E-state index contributed by atoms with van der Waals surface area (Å²) in [5.74, 6) is -0.0921. The molecule has 1 amide bonds. The lowest BCUT2D eigenvalue weighted by atomic mass is 10.3. The van der Waals surface area contributed by atoms with Gasteiger partial charge in [0.05, 0.1) is 0 Å². The van der Waals surface area contributed by atoms with Gasteiger partial charge in [0.25, 0.3) is 5.56 Å². The van der Waals surface area contributed by atoms with Gasteiger partial charge in [-0.25, -0.2) is 9.78 Å². The fourth-order valence-corrected chi connectivity index (χ4v) is 1.49. The maximum Gasteiger partial charge on any atom is 0.329 e. The van der Waals surface area contributed by atoms with Gasteiger partial charge in [0.15, 0.2) is 5.65 Å². The summed E-state index contributed by atoms with van der Waals surface area (Å²) in [6.07, 6.45) is 3.12. The number of nitrogens with two attached hydrogens (primary N) is 1. The number of aromatic nitrogens is 4. The maximum atomic E-state index is 11.5. The van der Waals surface area contributed by atoms with Crippen molar-refractivity contribution in [2.45, 2.75) is 6.42 Å². The van der Waals surface area contributed by atoms with Crippen LogP contribution in [0, 0.1) is 0 Å². The SMILES string of the molecule is Cn1c(=O)[nH]c(=O)c2[nH]c(C=CCC(N)=O)nc21. The Kier molecular flexibility index (Phi) is 2.84. The van der Waals surface area contributed by atoms with Crippen LogP contribution >= 0.6 is 0 Å². The Morgan fingerprint density at radius 2 is 2.17 bits per heavy atom. The lowest BCUT2D eigenvalue weighted by molar-refractivity contribution is -0.117. The third-order valence-electron chi connectivity index (χ3n) is 2.37. The van der Waals surface area contributed by atoms with Gasteiger partial charge in [-0.15, -0.1) is 0 Å². The molecule has 2 heterocycles. The van der Waals surface area contributed by atoms with Crippen LogP contribution < -0.4 is 17.0 Å². The van der Waals surface area contributed by atoms with Gasteiger partial charge in [-0.05, 0) is 6.08 Å². The van der Waals surface area contributed by atoms with E-state index in [0.29, 0.717) is 5.82 Å². The highest BCUT2D eigenvalue weighted by atomic mass is 16.2. The smallest absolute Gasteiger partial charge is 0.329 e. The minimum atomic E-state index is -0.535. The van der Waals surface area contributed by atoms with Crippen LogP contribution in [0.2, 0.25) is 0 Å². The first-order valence-corrected chi connectivity index (χ1v) is 5.13. The van der Waals surface area contributed by atoms with Crippen LogP contribution in [0.3, 0.4) is 0 Å². The molecule has 0 aromatic carbocycles. The lowest BCUT2D eigenvalue weighted by Gasteiger charge is -1.94. The Hall–Kier alpha value is -2.64. The molecule has 0 aliphatic carbocycles. The summed E-state index contributed by atoms with van der Waals surface area (Å²) in [7, 11) is 1.50. The third-order valence-corrected chi connectivity index (χ3v) is 2.37. The van der Waals surface area contributed by atoms with E-state index < -0.39 is 17.2 Å². The number of hydrogen-bond donors (Lipinski definition) is 3. The molecule has 2 aromatic rings. The first kappa shape index (κ1) is 11.8. The number of fused-ring (bicyclic) bond motifs is 1. The van der Waals surface area contributed by atoms with Crippen LogP contribution in [0.1, 0.15) is 12.2 Å². The summed E-state index contributed by atoms with van der Waals surface area (Å²) >= 11 is 0. The molecule has 0 unspecified atom stereocenters. The van der Waals surface area contributed by atoms with Crippen molar-refractivity contribution in [3.8, 4) is 0 Å². The van der Waals surface area contributed by atoms with E-state index in [9.17, 15) is 14.4 Å². The van der Waals surface area contributed by atoms with Gasteiger partial charge in [-0.2, -0.15) is 0 Å². The van der Waals surface area contributed by atoms with Gasteiger partial charge in [0, 0.05) is 13.5 Å². The molecular weight excluding hydrogens is 238 g/mol. The normalized spacial score (nSPS) is 11.4. The van der Waals surface area contributed by atoms with E-state index in [1.165, 1.54) is 23.8 Å². The lowest BCUT2D eigenvalue weighted by Crippen LogP contribution is -2.28. The summed E-state index contributed by atoms with van der Waals surface area (Å²) < 4.78 is 1.22. The Bertz CT molecular complexity index is 749. The molecule has 4 N–H and O–H groups in total. The fourth-order valence-electron chi connectivity index (χ4n) is 1.49. The number of nitrogens with zero attached hydrogens (tertiary/aromatic N) is 2. The molecule has 94 valence electrons. The number of imidazole rings is 1. The summed E-state index contributed by atoms with van der Waals surface area (Å²) in [6, 6.07) is 0. The largest absolute Gasteiger partial charge is 0.369 e. The molecule has 8 heteroatoms. The zero-order valence-corrected chi connectivity index (χ0v) is 9.56. The average Bonchev–Trinajstić information content (AvgIpc) is 2.70. The maximum absolute atomic E-state index is 11.5. The summed E-state index contributed by atoms with van der Waals surface area (Å²) in [5.41, 5.74) is 4.37. The second-order valence-electron chi connectivity index (χ2n) is 3.71. The molecular formula is C10H11N5O3. The number of aromatic amines is 2. The molecule has 18 heavy (non-hydrogen) atoms. The minimum Gasteiger partial charge on any atom is -0.369 e. The minimum absolute atomic E-state index is 0.0757. The van der Waals surface area contributed by atoms with Crippen LogP contribution in [0.5, 0.6) is 0 Å². The van der Waals surface area contributed by atoms with E-state index in [4.69, 9.17) is 5.73 Å². The number of rotatable bonds is 3. The van der Waals surface area contributed by atoms with Gasteiger partial charge in [-0.1, -0.05) is 6.08 Å². The molecule has 0 saturated heterocycles. The van der Waals surface area contributed by atoms with Crippen molar-refractivity contribution in [2.24, 2.45) is 12.8 Å². The first-order chi connectivity index (χ1) is 8.49. The fraction of sp³-hybridized carbons (Fsp3) is 0.200. The standard InChI is InChI=1S/C10H11N5O3/c1-15-8-7(9(17)14-10(15)18)12-6(13-8)4-2-3-5(11)16/h2,4H,3H2,1H3,(H2,11,16)(H,12,13)(H,14,17,18). The molecule has 8 nitrogen and oxygen atoms in total. The molecule has 0 atom stereocenters. The van der Waals surface area contributed by atoms with Crippen LogP contribution in [0.25, 0.3) is 17.2 Å². The van der Waals surface area contributed by atoms with Crippen molar-refractivity contribution in [3.63, 3.8) is 0 Å². The molecule has 2 rings (SSSR count). The monoisotopic (exact) mass is 249 g/mol. The highest BCUT2D eigenvalue weighted by Crippen LogP contribution is 2.05. The first-order valence-electron chi connectivity index (χ1n) is 5.13. The van der Waals surface area contributed by atoms with Crippen LogP contribution in [-0.2, 0) is 11.8 Å². The molecule has 0 aliphatic heterocycles. The van der Waals surface area contributed by atoms with Crippen molar-refractivity contribution in [2.75, 3.05) is 0 Å². The predicted octanol–water partition coefficient (Wildman–Crippen LogP) is -1.16. The molecule has 0 radical (unpaired) electrons. The Labute approximate surface area is 100 Å². The van der Waals surface area contributed by atoms with Crippen molar-refractivity contribution in [1.82, 2.24) is 19.5 Å². The molecule has 0 fully saturated rings. The van der Waals surface area contributed by atoms with E-state index in [-0.39, 0.29) is 17.6 Å². The number of amides is 1. The second-order valence-corrected chi connectivity index (χ2v) is 3.71. The Morgan fingerprint density at radius 3 is 2.83 bits per heavy atom. The topological polar surface area (TPSA) is 127 Å². The van der Waals surface area contributed by atoms with E-state index >= 15 is 0 Å². The van der Waals surface area contributed by atoms with E-state index in [1.807, 2.05) is 0 Å². The number of H-pyrrole nitrogens is 2. The van der Waals surface area contributed by atoms with Crippen molar-refractivity contribution in [1.29, 1.82) is 0 Å². The summed E-state index contributed by atoms with van der Waals surface area (Å²) in [6.45, 7) is 0. The summed E-state index contributed by atoms with van der Waals surface area (Å²) in [5, 5.41) is 0. The summed E-state index contributed by atoms with van der Waals surface area (Å²) in [4.78, 5) is 42.4. The second kappa shape index (κ2) is 4.32. The number of nitrogens with one attached hydrogen (secondary N) is 2. The average molecular weight is 249 g/mol. The number of carbonyl (C=O) groups excluding carboxylic acids is 1. The number of aryl methyl sites for hydroxylation is 1. The van der Waals surface area contributed by atoms with Crippen LogP contribution in [0.15, 0.2) is 15.7 Å². The van der Waals surface area contributed by atoms with Crippen molar-refractivity contribution < 1.29 is 4.79 Å². The van der Waals surface area contributed by atoms with Crippen LogP contribution in [0.4, 0.5) is 0 Å². The molecule has 0 aliphatic rings. The zero-order chi connectivity index (χ0) is 13.3. The van der Waals surface area contributed by atoms with Gasteiger partial charge in [0.1, 0.15) is 11.3 Å². The van der Waals surface area contributed by atoms with Gasteiger partial charge < -0.3 is 10.7 Å². The third kappa shape index (κ3) is 2.08. The zero-order valence-electron chi connectivity index (χ0n) is 9.56. The predicted molar refractivity (Wildman–Crippen MR) is 64.8 cm³/mol. The molecule has 2 aromatic heterocycles. The molecule has 0 spiro atoms. The van der Waals surface area contributed by atoms with Gasteiger partial charge >= 0.3 is 5.69 Å².